The second-order valence-corrected chi connectivity index (χ2v) is 6.87. The number of nitrogens with one attached hydrogen (secondary N) is 2. The minimum Gasteiger partial charge on any atom is -0.489 e. The molecule has 7 heteroatoms. The molecule has 3 aromatic carbocycles. The fourth-order valence-corrected chi connectivity index (χ4v) is 2.68. The van der Waals surface area contributed by atoms with Crippen molar-refractivity contribution in [1.82, 2.24) is 5.43 Å². The molecule has 30 heavy (non-hydrogen) atoms. The predicted molar refractivity (Wildman–Crippen MR) is 118 cm³/mol. The molecule has 0 atom stereocenters. The van der Waals surface area contributed by atoms with Crippen LogP contribution in [0, 0.1) is 6.92 Å². The zero-order valence-corrected chi connectivity index (χ0v) is 17.0. The van der Waals surface area contributed by atoms with Gasteiger partial charge in [-0.1, -0.05) is 60.1 Å². The summed E-state index contributed by atoms with van der Waals surface area (Å²) in [6.45, 7) is 2.29. The van der Waals surface area contributed by atoms with Gasteiger partial charge in [0.1, 0.15) is 12.4 Å². The van der Waals surface area contributed by atoms with Crippen molar-refractivity contribution in [3.05, 3.63) is 94.5 Å². The molecule has 0 bridgehead atoms. The molecule has 152 valence electrons. The Morgan fingerprint density at radius 2 is 1.80 bits per heavy atom. The molecular weight excluding hydrogens is 402 g/mol. The number of rotatable bonds is 6. The van der Waals surface area contributed by atoms with E-state index in [9.17, 15) is 9.59 Å². The zero-order valence-electron chi connectivity index (χ0n) is 16.3. The SMILES string of the molecule is Cc1ccc(NC(=O)C(=O)N/N=C\c2cccc(OCc3ccccc3)c2)cc1Cl. The number of aryl methyl sites for hydroxylation is 1. The van der Waals surface area contributed by atoms with Crippen molar-refractivity contribution in [2.24, 2.45) is 5.10 Å². The molecular formula is C23H20ClN3O3. The maximum Gasteiger partial charge on any atom is 0.329 e. The van der Waals surface area contributed by atoms with Gasteiger partial charge in [0.25, 0.3) is 0 Å². The first-order valence-electron chi connectivity index (χ1n) is 9.18. The van der Waals surface area contributed by atoms with Gasteiger partial charge >= 0.3 is 11.8 Å². The minimum absolute atomic E-state index is 0.429. The average molecular weight is 422 g/mol. The standard InChI is InChI=1S/C23H20ClN3O3/c1-16-10-11-19(13-21(16)24)26-22(28)23(29)27-25-14-18-8-5-9-20(12-18)30-15-17-6-3-2-4-7-17/h2-14H,15H2,1H3,(H,26,28)(H,27,29)/b25-14-. The van der Waals surface area contributed by atoms with Crippen LogP contribution < -0.4 is 15.5 Å². The van der Waals surface area contributed by atoms with Crippen LogP contribution in [0.1, 0.15) is 16.7 Å². The molecule has 0 saturated heterocycles. The van der Waals surface area contributed by atoms with Gasteiger partial charge in [-0.3, -0.25) is 9.59 Å². The molecule has 3 rings (SSSR count). The topological polar surface area (TPSA) is 79.8 Å². The highest BCUT2D eigenvalue weighted by molar-refractivity contribution is 6.39. The molecule has 0 saturated carbocycles. The molecule has 0 fully saturated rings. The van der Waals surface area contributed by atoms with E-state index in [0.29, 0.717) is 28.6 Å². The van der Waals surface area contributed by atoms with Gasteiger partial charge in [-0.25, -0.2) is 5.43 Å². The van der Waals surface area contributed by atoms with Crippen molar-refractivity contribution in [2.45, 2.75) is 13.5 Å². The van der Waals surface area contributed by atoms with Crippen molar-refractivity contribution in [3.8, 4) is 5.75 Å². The molecule has 0 radical (unpaired) electrons. The molecule has 0 aliphatic carbocycles. The molecule has 0 aliphatic heterocycles. The van der Waals surface area contributed by atoms with Gasteiger partial charge < -0.3 is 10.1 Å². The first kappa shape index (κ1) is 21.1. The third-order valence-electron chi connectivity index (χ3n) is 4.12. The van der Waals surface area contributed by atoms with Crippen molar-refractivity contribution in [2.75, 3.05) is 5.32 Å². The van der Waals surface area contributed by atoms with Gasteiger partial charge in [0, 0.05) is 10.7 Å². The van der Waals surface area contributed by atoms with Gasteiger partial charge in [0.15, 0.2) is 0 Å². The predicted octanol–water partition coefficient (Wildman–Crippen LogP) is 4.32. The molecule has 6 nitrogen and oxygen atoms in total. The highest BCUT2D eigenvalue weighted by Gasteiger charge is 2.13. The Balaban J connectivity index is 1.52. The summed E-state index contributed by atoms with van der Waals surface area (Å²) in [5.74, 6) is -1.06. The van der Waals surface area contributed by atoms with E-state index in [1.165, 1.54) is 6.21 Å². The molecule has 0 aliphatic rings. The Kier molecular flexibility index (Phi) is 7.19. The second-order valence-electron chi connectivity index (χ2n) is 6.46. The van der Waals surface area contributed by atoms with Crippen LogP contribution in [0.5, 0.6) is 5.75 Å². The lowest BCUT2D eigenvalue weighted by Crippen LogP contribution is -2.32. The summed E-state index contributed by atoms with van der Waals surface area (Å²) in [6.07, 6.45) is 1.43. The van der Waals surface area contributed by atoms with Gasteiger partial charge in [0.05, 0.1) is 6.21 Å². The number of hydrogen-bond donors (Lipinski definition) is 2. The van der Waals surface area contributed by atoms with Crippen LogP contribution in [0.2, 0.25) is 5.02 Å². The highest BCUT2D eigenvalue weighted by atomic mass is 35.5. The third-order valence-corrected chi connectivity index (χ3v) is 4.53. The maximum atomic E-state index is 12.0. The molecule has 2 amide bonds. The monoisotopic (exact) mass is 421 g/mol. The number of amides is 2. The summed E-state index contributed by atoms with van der Waals surface area (Å²) < 4.78 is 5.76. The number of ether oxygens (including phenoxy) is 1. The van der Waals surface area contributed by atoms with Crippen LogP contribution >= 0.6 is 11.6 Å². The average Bonchev–Trinajstić information content (AvgIpc) is 2.76. The van der Waals surface area contributed by atoms with Crippen molar-refractivity contribution < 1.29 is 14.3 Å². The molecule has 2 N–H and O–H groups in total. The van der Waals surface area contributed by atoms with E-state index in [0.717, 1.165) is 11.1 Å². The highest BCUT2D eigenvalue weighted by Crippen LogP contribution is 2.19. The second kappa shape index (κ2) is 10.2. The van der Waals surface area contributed by atoms with Crippen molar-refractivity contribution in [3.63, 3.8) is 0 Å². The van der Waals surface area contributed by atoms with E-state index >= 15 is 0 Å². The van der Waals surface area contributed by atoms with E-state index in [4.69, 9.17) is 16.3 Å². The Morgan fingerprint density at radius 3 is 2.57 bits per heavy atom. The van der Waals surface area contributed by atoms with Gasteiger partial charge in [-0.05, 0) is 47.9 Å². The van der Waals surface area contributed by atoms with Crippen LogP contribution in [0.4, 0.5) is 5.69 Å². The number of carbonyl (C=O) groups is 2. The van der Waals surface area contributed by atoms with E-state index in [1.54, 1.807) is 30.3 Å². The summed E-state index contributed by atoms with van der Waals surface area (Å²) in [6, 6.07) is 22.0. The van der Waals surface area contributed by atoms with Crippen LogP contribution in [-0.4, -0.2) is 18.0 Å². The largest absolute Gasteiger partial charge is 0.489 e. The number of nitrogens with zero attached hydrogens (tertiary/aromatic N) is 1. The molecule has 3 aromatic rings. The summed E-state index contributed by atoms with van der Waals surface area (Å²) in [5, 5.41) is 6.80. The van der Waals surface area contributed by atoms with E-state index in [2.05, 4.69) is 15.8 Å². The van der Waals surface area contributed by atoms with E-state index in [1.807, 2.05) is 49.4 Å². The lowest BCUT2D eigenvalue weighted by molar-refractivity contribution is -0.136. The molecule has 0 heterocycles. The fraction of sp³-hybridized carbons (Fsp3) is 0.0870. The normalized spacial score (nSPS) is 10.6. The number of carbonyl (C=O) groups excluding carboxylic acids is 2. The fourth-order valence-electron chi connectivity index (χ4n) is 2.50. The molecule has 0 aromatic heterocycles. The number of halogens is 1. The van der Waals surface area contributed by atoms with Crippen LogP contribution in [0.3, 0.4) is 0 Å². The smallest absolute Gasteiger partial charge is 0.329 e. The number of benzene rings is 3. The Bertz CT molecular complexity index is 1070. The lowest BCUT2D eigenvalue weighted by Gasteiger charge is -2.07. The van der Waals surface area contributed by atoms with E-state index in [-0.39, 0.29) is 0 Å². The van der Waals surface area contributed by atoms with Gasteiger partial charge in [0.2, 0.25) is 0 Å². The Hall–Kier alpha value is -3.64. The molecule has 0 unspecified atom stereocenters. The summed E-state index contributed by atoms with van der Waals surface area (Å²) in [5.41, 5.74) is 5.28. The van der Waals surface area contributed by atoms with Crippen LogP contribution in [-0.2, 0) is 16.2 Å². The van der Waals surface area contributed by atoms with E-state index < -0.39 is 11.8 Å². The van der Waals surface area contributed by atoms with Crippen molar-refractivity contribution in [1.29, 1.82) is 0 Å². The quantitative estimate of drug-likeness (QED) is 0.353. The van der Waals surface area contributed by atoms with Crippen LogP contribution in [0.25, 0.3) is 0 Å². The minimum atomic E-state index is -0.889. The number of hydrogen-bond acceptors (Lipinski definition) is 4. The first-order chi connectivity index (χ1) is 14.5. The summed E-state index contributed by atoms with van der Waals surface area (Å²) >= 11 is 6.01. The first-order valence-corrected chi connectivity index (χ1v) is 9.56. The number of anilines is 1. The number of hydrazone groups is 1. The lowest BCUT2D eigenvalue weighted by atomic mass is 10.2. The molecule has 0 spiro atoms. The summed E-state index contributed by atoms with van der Waals surface area (Å²) in [4.78, 5) is 23.9. The maximum absolute atomic E-state index is 12.0. The van der Waals surface area contributed by atoms with Gasteiger partial charge in [-0.2, -0.15) is 5.10 Å². The van der Waals surface area contributed by atoms with Crippen LogP contribution in [0.15, 0.2) is 77.9 Å². The Morgan fingerprint density at radius 1 is 1.00 bits per heavy atom. The Labute approximate surface area is 179 Å². The third kappa shape index (κ3) is 6.18. The van der Waals surface area contributed by atoms with Crippen molar-refractivity contribution >= 4 is 35.3 Å². The summed E-state index contributed by atoms with van der Waals surface area (Å²) in [7, 11) is 0. The van der Waals surface area contributed by atoms with Gasteiger partial charge in [-0.15, -0.1) is 0 Å². The zero-order chi connectivity index (χ0) is 21.3.